The quantitative estimate of drug-likeness (QED) is 0.121. The minimum atomic E-state index is 0.351. The normalized spacial score (nSPS) is 18.2. The second kappa shape index (κ2) is 14.7. The van der Waals surface area contributed by atoms with E-state index in [9.17, 15) is 0 Å². The molecule has 0 aliphatic carbocycles. The third kappa shape index (κ3) is 7.21. The summed E-state index contributed by atoms with van der Waals surface area (Å²) >= 11 is 0. The summed E-state index contributed by atoms with van der Waals surface area (Å²) in [7, 11) is 0. The van der Waals surface area contributed by atoms with Crippen LogP contribution in [0.15, 0.2) is 85.8 Å². The lowest BCUT2D eigenvalue weighted by Gasteiger charge is -2.22. The lowest BCUT2D eigenvalue weighted by atomic mass is 9.98. The molecule has 2 aliphatic rings. The van der Waals surface area contributed by atoms with E-state index in [-0.39, 0.29) is 0 Å². The van der Waals surface area contributed by atoms with Gasteiger partial charge in [-0.2, -0.15) is 0 Å². The van der Waals surface area contributed by atoms with Crippen LogP contribution in [0.2, 0.25) is 0 Å². The molecule has 2 aromatic heterocycles. The largest absolute Gasteiger partial charge is 0.391 e. The van der Waals surface area contributed by atoms with Gasteiger partial charge in [0.1, 0.15) is 11.6 Å². The van der Waals surface area contributed by atoms with E-state index in [1.165, 1.54) is 46.7 Å². The van der Waals surface area contributed by atoms with Crippen molar-refractivity contribution < 1.29 is 0 Å². The summed E-state index contributed by atoms with van der Waals surface area (Å²) in [6.07, 6.45) is 12.8. The summed E-state index contributed by atoms with van der Waals surface area (Å²) in [5.41, 5.74) is 6.91. The zero-order valence-electron chi connectivity index (χ0n) is 26.8. The molecule has 0 amide bonds. The molecule has 2 saturated heterocycles. The monoisotopic (exact) mass is 601 g/mol. The number of nitrogens with one attached hydrogen (secondary N) is 4. The van der Waals surface area contributed by atoms with Gasteiger partial charge < -0.3 is 20.6 Å². The number of imidazole rings is 2. The second-order valence-corrected chi connectivity index (χ2v) is 12.3. The second-order valence-electron chi connectivity index (χ2n) is 12.3. The number of hydrogen-bond acceptors (Lipinski definition) is 5. The van der Waals surface area contributed by atoms with Crippen molar-refractivity contribution in [2.45, 2.75) is 64.5 Å². The van der Waals surface area contributed by atoms with Crippen LogP contribution in [0.5, 0.6) is 0 Å². The lowest BCUT2D eigenvalue weighted by Crippen LogP contribution is -2.27. The van der Waals surface area contributed by atoms with E-state index in [0.29, 0.717) is 12.1 Å². The number of aromatic nitrogens is 4. The zero-order chi connectivity index (χ0) is 31.0. The lowest BCUT2D eigenvalue weighted by molar-refractivity contribution is 0.246. The molecule has 45 heavy (non-hydrogen) atoms. The fraction of sp³-hybridized carbons (Fsp3) is 0.368. The number of nitrogens with zero attached hydrogens (tertiary/aromatic N) is 3. The molecule has 234 valence electrons. The van der Waals surface area contributed by atoms with Crippen molar-refractivity contribution >= 4 is 10.8 Å². The van der Waals surface area contributed by atoms with Crippen LogP contribution in [0.4, 0.5) is 0 Å². The summed E-state index contributed by atoms with van der Waals surface area (Å²) in [6, 6.07) is 22.9. The molecule has 4 heterocycles. The number of fused-ring (bicyclic) bond motifs is 1. The Kier molecular flexibility index (Phi) is 10.1. The van der Waals surface area contributed by atoms with Gasteiger partial charge in [-0.25, -0.2) is 9.97 Å². The molecule has 0 saturated carbocycles. The van der Waals surface area contributed by atoms with Crippen molar-refractivity contribution in [3.63, 3.8) is 0 Å². The maximum atomic E-state index is 4.81. The van der Waals surface area contributed by atoms with Crippen LogP contribution >= 0.6 is 0 Å². The van der Waals surface area contributed by atoms with E-state index in [1.807, 2.05) is 12.4 Å². The Morgan fingerprint density at radius 3 is 2.20 bits per heavy atom. The highest BCUT2D eigenvalue weighted by Crippen LogP contribution is 2.33. The highest BCUT2D eigenvalue weighted by Gasteiger charge is 2.28. The highest BCUT2D eigenvalue weighted by atomic mass is 15.2. The maximum Gasteiger partial charge on any atom is 0.123 e. The molecule has 3 aromatic carbocycles. The first-order valence-corrected chi connectivity index (χ1v) is 16.7. The van der Waals surface area contributed by atoms with Gasteiger partial charge in [0.25, 0.3) is 0 Å². The van der Waals surface area contributed by atoms with Crippen molar-refractivity contribution in [1.29, 1.82) is 0 Å². The third-order valence-electron chi connectivity index (χ3n) is 8.85. The van der Waals surface area contributed by atoms with E-state index in [4.69, 9.17) is 4.98 Å². The Morgan fingerprint density at radius 2 is 1.47 bits per heavy atom. The van der Waals surface area contributed by atoms with Crippen LogP contribution in [0.1, 0.15) is 76.1 Å². The molecule has 7 nitrogen and oxygen atoms in total. The summed E-state index contributed by atoms with van der Waals surface area (Å²) < 4.78 is 0. The predicted octanol–water partition coefficient (Wildman–Crippen LogP) is 8.39. The van der Waals surface area contributed by atoms with Crippen LogP contribution < -0.4 is 10.6 Å². The summed E-state index contributed by atoms with van der Waals surface area (Å²) in [4.78, 5) is 19.2. The Morgan fingerprint density at radius 1 is 0.822 bits per heavy atom. The summed E-state index contributed by atoms with van der Waals surface area (Å²) in [5.74, 6) is 2.12. The Labute approximate surface area is 267 Å². The van der Waals surface area contributed by atoms with Crippen LogP contribution in [0, 0.1) is 0 Å². The SMILES string of the molecule is C=CNCCCN1CCCC1c1ncc(-c2ccc3cc(-c4ccc(-c5cnc(C6CCCN6)[nH]5)cc4)ccc3c2)[nH]1.CCC. The van der Waals surface area contributed by atoms with Gasteiger partial charge in [0, 0.05) is 18.7 Å². The van der Waals surface area contributed by atoms with Gasteiger partial charge in [-0.1, -0.05) is 75.4 Å². The first kappa shape index (κ1) is 30.8. The number of likely N-dealkylation sites (tertiary alicyclic amines) is 1. The molecule has 7 heteroatoms. The van der Waals surface area contributed by atoms with Crippen LogP contribution in [-0.2, 0) is 0 Å². The summed E-state index contributed by atoms with van der Waals surface area (Å²) in [5, 5.41) is 9.18. The standard InChI is InChI=1S/C35H39N7.C3H8/c1-2-36-16-5-19-42-18-4-7-33(42)35-39-23-32(41-35)29-15-14-27-20-26(12-13-28(27)21-29)24-8-10-25(11-9-24)31-22-38-34(40-31)30-6-3-17-37-30;1-3-2/h2,8-15,20-23,30,33,36-37H,1,3-7,16-19H2,(H,38,40)(H,39,41);3H2,1-2H3. The fourth-order valence-electron chi connectivity index (χ4n) is 6.56. The number of rotatable bonds is 10. The van der Waals surface area contributed by atoms with Crippen molar-refractivity contribution in [3.8, 4) is 33.6 Å². The van der Waals surface area contributed by atoms with Gasteiger partial charge in [-0.3, -0.25) is 4.90 Å². The molecule has 0 spiro atoms. The molecule has 4 N–H and O–H groups in total. The third-order valence-corrected chi connectivity index (χ3v) is 8.85. The smallest absolute Gasteiger partial charge is 0.123 e. The first-order chi connectivity index (χ1) is 22.2. The van der Waals surface area contributed by atoms with Crippen molar-refractivity contribution in [1.82, 2.24) is 35.5 Å². The van der Waals surface area contributed by atoms with Gasteiger partial charge in [0.15, 0.2) is 0 Å². The number of H-pyrrole nitrogens is 2. The molecule has 2 aliphatic heterocycles. The molecular formula is C38H47N7. The fourth-order valence-corrected chi connectivity index (χ4v) is 6.56. The van der Waals surface area contributed by atoms with Crippen molar-refractivity contribution in [3.05, 3.63) is 97.5 Å². The molecule has 2 atom stereocenters. The first-order valence-electron chi connectivity index (χ1n) is 16.7. The maximum absolute atomic E-state index is 4.81. The molecule has 0 radical (unpaired) electrons. The molecule has 5 aromatic rings. The van der Waals surface area contributed by atoms with Crippen LogP contribution in [0.25, 0.3) is 44.4 Å². The van der Waals surface area contributed by atoms with Gasteiger partial charge in [-0.15, -0.1) is 0 Å². The molecule has 7 rings (SSSR count). The highest BCUT2D eigenvalue weighted by molar-refractivity contribution is 5.90. The van der Waals surface area contributed by atoms with Crippen molar-refractivity contribution in [2.75, 3.05) is 26.2 Å². The molecule has 0 bridgehead atoms. The van der Waals surface area contributed by atoms with Gasteiger partial charge in [0.2, 0.25) is 0 Å². The van der Waals surface area contributed by atoms with E-state index in [2.05, 4.69) is 112 Å². The van der Waals surface area contributed by atoms with Gasteiger partial charge in [-0.05, 0) is 91.0 Å². The number of hydrogen-bond donors (Lipinski definition) is 4. The van der Waals surface area contributed by atoms with Gasteiger partial charge in [0.05, 0.1) is 35.9 Å². The average Bonchev–Trinajstić information content (AvgIpc) is 3.90. The molecular weight excluding hydrogens is 554 g/mol. The Hall–Kier alpha value is -4.20. The predicted molar refractivity (Wildman–Crippen MR) is 187 cm³/mol. The number of benzene rings is 3. The van der Waals surface area contributed by atoms with Gasteiger partial charge >= 0.3 is 0 Å². The topological polar surface area (TPSA) is 84.7 Å². The zero-order valence-corrected chi connectivity index (χ0v) is 26.8. The molecule has 2 fully saturated rings. The Bertz CT molecular complexity index is 1680. The van der Waals surface area contributed by atoms with E-state index < -0.39 is 0 Å². The minimum Gasteiger partial charge on any atom is -0.391 e. The average molecular weight is 602 g/mol. The van der Waals surface area contributed by atoms with Crippen LogP contribution in [-0.4, -0.2) is 51.0 Å². The van der Waals surface area contributed by atoms with Crippen molar-refractivity contribution in [2.24, 2.45) is 0 Å². The number of aromatic amines is 2. The minimum absolute atomic E-state index is 0.351. The van der Waals surface area contributed by atoms with E-state index in [1.54, 1.807) is 6.20 Å². The van der Waals surface area contributed by atoms with E-state index in [0.717, 1.165) is 74.0 Å². The van der Waals surface area contributed by atoms with E-state index >= 15 is 0 Å². The Balaban J connectivity index is 0.00000115. The summed E-state index contributed by atoms with van der Waals surface area (Å²) in [6.45, 7) is 12.2. The molecule has 2 unspecified atom stereocenters. The van der Waals surface area contributed by atoms with Crippen LogP contribution in [0.3, 0.4) is 0 Å².